The number of anilines is 2. The number of rotatable bonds is 10. The third-order valence-electron chi connectivity index (χ3n) is 5.88. The zero-order chi connectivity index (χ0) is 29.5. The van der Waals surface area contributed by atoms with Gasteiger partial charge in [0.05, 0.1) is 27.9 Å². The molecule has 0 spiro atoms. The number of thioether (sulfide) groups is 1. The highest BCUT2D eigenvalue weighted by molar-refractivity contribution is 8.00. The van der Waals surface area contributed by atoms with Crippen molar-refractivity contribution in [2.75, 3.05) is 10.6 Å². The maximum Gasteiger partial charge on any atom is 0.336 e. The molecule has 0 saturated heterocycles. The van der Waals surface area contributed by atoms with E-state index in [9.17, 15) is 29.1 Å². The van der Waals surface area contributed by atoms with Gasteiger partial charge in [-0.1, -0.05) is 48.5 Å². The SMILES string of the molecule is NC(=O)c1ccccc1NC(=O)C(Sc1cccc(NC(=O)c2ccc(C(=O)O)cc2C(=O)O)c1)c1ccccc1. The van der Waals surface area contributed by atoms with E-state index in [4.69, 9.17) is 10.8 Å². The second kappa shape index (κ2) is 12.6. The summed E-state index contributed by atoms with van der Waals surface area (Å²) in [7, 11) is 0. The van der Waals surface area contributed by atoms with Crippen LogP contribution in [0.15, 0.2) is 102 Å². The fraction of sp³-hybridized carbons (Fsp3) is 0.0333. The second-order valence-electron chi connectivity index (χ2n) is 8.66. The third-order valence-corrected chi connectivity index (χ3v) is 7.13. The van der Waals surface area contributed by atoms with Gasteiger partial charge in [-0.3, -0.25) is 14.4 Å². The molecule has 0 aliphatic rings. The van der Waals surface area contributed by atoms with Crippen molar-refractivity contribution in [3.05, 3.63) is 125 Å². The van der Waals surface area contributed by atoms with Crippen molar-refractivity contribution in [3.8, 4) is 0 Å². The minimum absolute atomic E-state index is 0.166. The minimum atomic E-state index is -1.45. The molecule has 0 saturated carbocycles. The molecule has 3 amide bonds. The first-order chi connectivity index (χ1) is 19.6. The Labute approximate surface area is 238 Å². The van der Waals surface area contributed by atoms with Crippen LogP contribution in [0.5, 0.6) is 0 Å². The zero-order valence-electron chi connectivity index (χ0n) is 21.2. The number of amides is 3. The quantitative estimate of drug-likeness (QED) is 0.167. The number of nitrogens with one attached hydrogen (secondary N) is 2. The van der Waals surface area contributed by atoms with E-state index in [1.54, 1.807) is 66.7 Å². The summed E-state index contributed by atoms with van der Waals surface area (Å²) in [6, 6.07) is 25.2. The molecular formula is C30H23N3O7S. The molecule has 4 aromatic rings. The van der Waals surface area contributed by atoms with E-state index in [1.165, 1.54) is 17.8 Å². The Bertz CT molecular complexity index is 1660. The number of para-hydroxylation sites is 1. The van der Waals surface area contributed by atoms with Gasteiger partial charge in [0, 0.05) is 10.6 Å². The van der Waals surface area contributed by atoms with Gasteiger partial charge < -0.3 is 26.6 Å². The monoisotopic (exact) mass is 569 g/mol. The summed E-state index contributed by atoms with van der Waals surface area (Å²) < 4.78 is 0. The molecule has 0 bridgehead atoms. The van der Waals surface area contributed by atoms with Crippen molar-refractivity contribution in [1.82, 2.24) is 0 Å². The molecule has 41 heavy (non-hydrogen) atoms. The van der Waals surface area contributed by atoms with Crippen molar-refractivity contribution < 1.29 is 34.2 Å². The summed E-state index contributed by atoms with van der Waals surface area (Å²) >= 11 is 1.19. The lowest BCUT2D eigenvalue weighted by molar-refractivity contribution is -0.115. The van der Waals surface area contributed by atoms with Gasteiger partial charge in [-0.05, 0) is 54.1 Å². The molecule has 0 heterocycles. The van der Waals surface area contributed by atoms with Gasteiger partial charge in [0.25, 0.3) is 11.8 Å². The highest BCUT2D eigenvalue weighted by atomic mass is 32.2. The van der Waals surface area contributed by atoms with Gasteiger partial charge in [0.2, 0.25) is 5.91 Å². The summed E-state index contributed by atoms with van der Waals surface area (Å²) in [6.45, 7) is 0. The first-order valence-corrected chi connectivity index (χ1v) is 13.0. The first kappa shape index (κ1) is 28.6. The second-order valence-corrected chi connectivity index (χ2v) is 9.84. The molecule has 1 atom stereocenters. The van der Waals surface area contributed by atoms with Gasteiger partial charge in [-0.25, -0.2) is 9.59 Å². The van der Waals surface area contributed by atoms with Crippen molar-refractivity contribution in [2.45, 2.75) is 10.1 Å². The first-order valence-electron chi connectivity index (χ1n) is 12.1. The Balaban J connectivity index is 1.59. The van der Waals surface area contributed by atoms with Crippen LogP contribution in [-0.4, -0.2) is 39.9 Å². The number of hydrogen-bond donors (Lipinski definition) is 5. The standard InChI is InChI=1S/C30H23N3O7S/c31-26(34)22-11-4-5-12-24(22)33-28(36)25(17-7-2-1-3-8-17)41-20-10-6-9-19(16-20)32-27(35)21-14-13-18(29(37)38)15-23(21)30(39)40/h1-16,25H,(H2,31,34)(H,32,35)(H,33,36)(H,37,38)(H,39,40). The Morgan fingerprint density at radius 3 is 2.07 bits per heavy atom. The summed E-state index contributed by atoms with van der Waals surface area (Å²) in [5.74, 6) is -4.61. The molecular weight excluding hydrogens is 546 g/mol. The van der Waals surface area contributed by atoms with Gasteiger partial charge >= 0.3 is 11.9 Å². The Hall–Kier alpha value is -5.42. The maximum atomic E-state index is 13.5. The van der Waals surface area contributed by atoms with E-state index in [1.807, 2.05) is 6.07 Å². The normalized spacial score (nSPS) is 11.2. The molecule has 0 aromatic heterocycles. The summed E-state index contributed by atoms with van der Waals surface area (Å²) in [6.07, 6.45) is 0. The van der Waals surface area contributed by atoms with Gasteiger partial charge in [-0.2, -0.15) is 0 Å². The summed E-state index contributed by atoms with van der Waals surface area (Å²) in [5.41, 5.74) is 5.98. The van der Waals surface area contributed by atoms with E-state index in [0.29, 0.717) is 16.1 Å². The highest BCUT2D eigenvalue weighted by Crippen LogP contribution is 2.37. The average Bonchev–Trinajstić information content (AvgIpc) is 2.96. The predicted octanol–water partition coefficient (Wildman–Crippen LogP) is 4.91. The third kappa shape index (κ3) is 6.97. The van der Waals surface area contributed by atoms with E-state index in [2.05, 4.69) is 10.6 Å². The van der Waals surface area contributed by atoms with Crippen LogP contribution >= 0.6 is 11.8 Å². The lowest BCUT2D eigenvalue weighted by atomic mass is 10.0. The van der Waals surface area contributed by atoms with Crippen LogP contribution in [-0.2, 0) is 4.79 Å². The van der Waals surface area contributed by atoms with Gasteiger partial charge in [0.1, 0.15) is 5.25 Å². The van der Waals surface area contributed by atoms with E-state index < -0.39 is 40.5 Å². The molecule has 206 valence electrons. The zero-order valence-corrected chi connectivity index (χ0v) is 22.1. The number of carbonyl (C=O) groups excluding carboxylic acids is 3. The van der Waals surface area contributed by atoms with Crippen LogP contribution < -0.4 is 16.4 Å². The number of nitrogens with two attached hydrogens (primary N) is 1. The number of benzene rings is 4. The number of carboxylic acids is 2. The van der Waals surface area contributed by atoms with Crippen LogP contribution in [0.2, 0.25) is 0 Å². The van der Waals surface area contributed by atoms with Crippen LogP contribution in [0.1, 0.15) is 52.2 Å². The molecule has 0 radical (unpaired) electrons. The van der Waals surface area contributed by atoms with Crippen LogP contribution in [0.25, 0.3) is 0 Å². The molecule has 1 unspecified atom stereocenters. The van der Waals surface area contributed by atoms with Gasteiger partial charge in [-0.15, -0.1) is 11.8 Å². The lowest BCUT2D eigenvalue weighted by Crippen LogP contribution is -2.22. The highest BCUT2D eigenvalue weighted by Gasteiger charge is 2.24. The molecule has 11 heteroatoms. The van der Waals surface area contributed by atoms with Gasteiger partial charge in [0.15, 0.2) is 0 Å². The Kier molecular flexibility index (Phi) is 8.80. The lowest BCUT2D eigenvalue weighted by Gasteiger charge is -2.18. The van der Waals surface area contributed by atoms with Crippen LogP contribution in [0.3, 0.4) is 0 Å². The predicted molar refractivity (Wildman–Crippen MR) is 153 cm³/mol. The average molecular weight is 570 g/mol. The largest absolute Gasteiger partial charge is 0.478 e. The number of hydrogen-bond acceptors (Lipinski definition) is 6. The molecule has 10 nitrogen and oxygen atoms in total. The smallest absolute Gasteiger partial charge is 0.336 e. The molecule has 0 aliphatic carbocycles. The molecule has 0 aliphatic heterocycles. The Morgan fingerprint density at radius 2 is 1.39 bits per heavy atom. The topological polar surface area (TPSA) is 176 Å². The fourth-order valence-corrected chi connectivity index (χ4v) is 5.02. The fourth-order valence-electron chi connectivity index (χ4n) is 3.94. The number of primary amides is 1. The number of carboxylic acid groups (broad SMARTS) is 2. The number of carbonyl (C=O) groups is 5. The van der Waals surface area contributed by atoms with E-state index in [-0.39, 0.29) is 22.4 Å². The maximum absolute atomic E-state index is 13.5. The molecule has 6 N–H and O–H groups in total. The minimum Gasteiger partial charge on any atom is -0.478 e. The summed E-state index contributed by atoms with van der Waals surface area (Å²) in [5, 5.41) is 23.3. The van der Waals surface area contributed by atoms with Crippen molar-refractivity contribution in [2.24, 2.45) is 5.73 Å². The van der Waals surface area contributed by atoms with Crippen molar-refractivity contribution in [3.63, 3.8) is 0 Å². The summed E-state index contributed by atoms with van der Waals surface area (Å²) in [4.78, 5) is 61.8. The van der Waals surface area contributed by atoms with Crippen LogP contribution in [0, 0.1) is 0 Å². The van der Waals surface area contributed by atoms with E-state index >= 15 is 0 Å². The molecule has 4 rings (SSSR count). The Morgan fingerprint density at radius 1 is 0.683 bits per heavy atom. The van der Waals surface area contributed by atoms with Crippen LogP contribution in [0.4, 0.5) is 11.4 Å². The molecule has 0 fully saturated rings. The van der Waals surface area contributed by atoms with Crippen molar-refractivity contribution >= 4 is 52.8 Å². The number of aromatic carboxylic acids is 2. The van der Waals surface area contributed by atoms with E-state index in [0.717, 1.165) is 18.2 Å². The molecule has 4 aromatic carbocycles. The van der Waals surface area contributed by atoms with Crippen molar-refractivity contribution in [1.29, 1.82) is 0 Å².